The summed E-state index contributed by atoms with van der Waals surface area (Å²) in [5, 5.41) is 0. The van der Waals surface area contributed by atoms with Crippen molar-refractivity contribution in [3.05, 3.63) is 76.3 Å². The van der Waals surface area contributed by atoms with Crippen molar-refractivity contribution in [3.63, 3.8) is 0 Å². The Hall–Kier alpha value is -1.42. The molecule has 1 aliphatic rings. The number of halogens is 1. The van der Waals surface area contributed by atoms with E-state index in [9.17, 15) is 0 Å². The van der Waals surface area contributed by atoms with Crippen LogP contribution < -0.4 is 0 Å². The van der Waals surface area contributed by atoms with Crippen LogP contribution in [-0.4, -0.2) is 42.5 Å². The first kappa shape index (κ1) is 16.4. The summed E-state index contributed by atoms with van der Waals surface area (Å²) in [6, 6.07) is 19.1. The summed E-state index contributed by atoms with van der Waals surface area (Å²) in [5.41, 5.74) is 2.66. The maximum atomic E-state index is 3.55. The van der Waals surface area contributed by atoms with E-state index in [0.717, 1.165) is 39.3 Å². The predicted molar refractivity (Wildman–Crippen MR) is 101 cm³/mol. The van der Waals surface area contributed by atoms with Crippen LogP contribution in [0.1, 0.15) is 11.1 Å². The van der Waals surface area contributed by atoms with Gasteiger partial charge in [0.05, 0.1) is 0 Å². The third-order valence-electron chi connectivity index (χ3n) is 4.23. The minimum absolute atomic E-state index is 1.04. The van der Waals surface area contributed by atoms with Gasteiger partial charge >= 0.3 is 0 Å². The minimum Gasteiger partial charge on any atom is -0.297 e. The molecule has 0 spiro atoms. The van der Waals surface area contributed by atoms with E-state index in [0.29, 0.717) is 0 Å². The van der Waals surface area contributed by atoms with E-state index >= 15 is 0 Å². The zero-order valence-electron chi connectivity index (χ0n) is 13.4. The smallest absolute Gasteiger partial charge is 0.0235 e. The lowest BCUT2D eigenvalue weighted by molar-refractivity contribution is 0.137. The SMILES string of the molecule is Brc1cccc(CN2CCN(C/C=C/c3ccccc3)CC2)c1. The molecule has 0 saturated carbocycles. The molecule has 0 aromatic heterocycles. The summed E-state index contributed by atoms with van der Waals surface area (Å²) in [4.78, 5) is 5.07. The second kappa shape index (κ2) is 8.44. The molecule has 0 N–H and O–H groups in total. The quantitative estimate of drug-likeness (QED) is 0.774. The van der Waals surface area contributed by atoms with E-state index in [2.05, 4.69) is 92.5 Å². The van der Waals surface area contributed by atoms with Gasteiger partial charge in [0.1, 0.15) is 0 Å². The van der Waals surface area contributed by atoms with Crippen LogP contribution in [0.3, 0.4) is 0 Å². The molecule has 3 heteroatoms. The third-order valence-corrected chi connectivity index (χ3v) is 4.73. The van der Waals surface area contributed by atoms with Crippen LogP contribution in [0.15, 0.2) is 65.1 Å². The van der Waals surface area contributed by atoms with E-state index < -0.39 is 0 Å². The molecule has 1 heterocycles. The molecule has 120 valence electrons. The van der Waals surface area contributed by atoms with Gasteiger partial charge in [-0.15, -0.1) is 0 Å². The van der Waals surface area contributed by atoms with Crippen LogP contribution in [0.2, 0.25) is 0 Å². The molecule has 0 amide bonds. The number of hydrogen-bond donors (Lipinski definition) is 0. The summed E-state index contributed by atoms with van der Waals surface area (Å²) in [6.07, 6.45) is 4.49. The normalized spacial score (nSPS) is 16.9. The van der Waals surface area contributed by atoms with Gasteiger partial charge in [-0.1, -0.05) is 70.5 Å². The summed E-state index contributed by atoms with van der Waals surface area (Å²) in [5.74, 6) is 0. The fourth-order valence-electron chi connectivity index (χ4n) is 2.93. The molecular formula is C20H23BrN2. The van der Waals surface area contributed by atoms with E-state index in [4.69, 9.17) is 0 Å². The molecule has 2 aromatic carbocycles. The third kappa shape index (κ3) is 5.31. The Balaban J connectivity index is 1.42. The molecule has 3 rings (SSSR count). The number of piperazine rings is 1. The Labute approximate surface area is 147 Å². The zero-order chi connectivity index (χ0) is 15.9. The Kier molecular flexibility index (Phi) is 6.03. The molecule has 0 atom stereocenters. The summed E-state index contributed by atoms with van der Waals surface area (Å²) < 4.78 is 1.17. The van der Waals surface area contributed by atoms with Crippen molar-refractivity contribution >= 4 is 22.0 Å². The standard InChI is InChI=1S/C20H23BrN2/c21-20-10-4-8-19(16-20)17-23-14-12-22(13-15-23)11-5-9-18-6-2-1-3-7-18/h1-10,16H,11-15,17H2/b9-5+. The van der Waals surface area contributed by atoms with Crippen molar-refractivity contribution in [3.8, 4) is 0 Å². The molecule has 2 aromatic rings. The second-order valence-electron chi connectivity index (χ2n) is 6.02. The van der Waals surface area contributed by atoms with Gasteiger partial charge in [-0.2, -0.15) is 0 Å². The largest absolute Gasteiger partial charge is 0.297 e. The molecule has 1 saturated heterocycles. The fraction of sp³-hybridized carbons (Fsp3) is 0.300. The van der Waals surface area contributed by atoms with Gasteiger partial charge in [0.15, 0.2) is 0 Å². The predicted octanol–water partition coefficient (Wildman–Crippen LogP) is 4.28. The van der Waals surface area contributed by atoms with Gasteiger partial charge < -0.3 is 0 Å². The van der Waals surface area contributed by atoms with E-state index in [-0.39, 0.29) is 0 Å². The van der Waals surface area contributed by atoms with Gasteiger partial charge in [0.2, 0.25) is 0 Å². The Bertz CT molecular complexity index is 631. The average molecular weight is 371 g/mol. The molecule has 1 fully saturated rings. The number of benzene rings is 2. The molecule has 2 nitrogen and oxygen atoms in total. The monoisotopic (exact) mass is 370 g/mol. The topological polar surface area (TPSA) is 6.48 Å². The average Bonchev–Trinajstić information content (AvgIpc) is 2.58. The lowest BCUT2D eigenvalue weighted by Gasteiger charge is -2.34. The van der Waals surface area contributed by atoms with E-state index in [1.54, 1.807) is 0 Å². The first-order valence-electron chi connectivity index (χ1n) is 8.20. The van der Waals surface area contributed by atoms with Crippen molar-refractivity contribution in [2.24, 2.45) is 0 Å². The zero-order valence-corrected chi connectivity index (χ0v) is 15.0. The summed E-state index contributed by atoms with van der Waals surface area (Å²) in [7, 11) is 0. The molecule has 0 unspecified atom stereocenters. The first-order valence-corrected chi connectivity index (χ1v) is 9.00. The molecular weight excluding hydrogens is 348 g/mol. The summed E-state index contributed by atoms with van der Waals surface area (Å²) >= 11 is 3.55. The highest BCUT2D eigenvalue weighted by molar-refractivity contribution is 9.10. The Morgan fingerprint density at radius 2 is 1.61 bits per heavy atom. The van der Waals surface area contributed by atoms with Crippen molar-refractivity contribution in [1.29, 1.82) is 0 Å². The van der Waals surface area contributed by atoms with Crippen LogP contribution in [-0.2, 0) is 6.54 Å². The van der Waals surface area contributed by atoms with Crippen molar-refractivity contribution < 1.29 is 0 Å². The van der Waals surface area contributed by atoms with Crippen LogP contribution in [0.5, 0.6) is 0 Å². The Morgan fingerprint density at radius 3 is 2.35 bits per heavy atom. The maximum Gasteiger partial charge on any atom is 0.0235 e. The summed E-state index contributed by atoms with van der Waals surface area (Å²) in [6.45, 7) is 6.67. The highest BCUT2D eigenvalue weighted by Gasteiger charge is 2.15. The van der Waals surface area contributed by atoms with Crippen LogP contribution >= 0.6 is 15.9 Å². The number of nitrogens with zero attached hydrogens (tertiary/aromatic N) is 2. The Morgan fingerprint density at radius 1 is 0.870 bits per heavy atom. The van der Waals surface area contributed by atoms with Crippen LogP contribution in [0, 0.1) is 0 Å². The van der Waals surface area contributed by atoms with Gasteiger partial charge in [-0.3, -0.25) is 9.80 Å². The van der Waals surface area contributed by atoms with Gasteiger partial charge in [-0.25, -0.2) is 0 Å². The number of rotatable bonds is 5. The van der Waals surface area contributed by atoms with Gasteiger partial charge in [0.25, 0.3) is 0 Å². The number of hydrogen-bond acceptors (Lipinski definition) is 2. The van der Waals surface area contributed by atoms with Crippen LogP contribution in [0.4, 0.5) is 0 Å². The van der Waals surface area contributed by atoms with Crippen LogP contribution in [0.25, 0.3) is 6.08 Å². The van der Waals surface area contributed by atoms with Gasteiger partial charge in [-0.05, 0) is 23.3 Å². The maximum absolute atomic E-state index is 3.55. The first-order chi connectivity index (χ1) is 11.3. The molecule has 0 bridgehead atoms. The lowest BCUT2D eigenvalue weighted by Crippen LogP contribution is -2.45. The van der Waals surface area contributed by atoms with Crippen molar-refractivity contribution in [1.82, 2.24) is 9.80 Å². The highest BCUT2D eigenvalue weighted by atomic mass is 79.9. The van der Waals surface area contributed by atoms with Crippen molar-refractivity contribution in [2.75, 3.05) is 32.7 Å². The second-order valence-corrected chi connectivity index (χ2v) is 6.94. The molecule has 23 heavy (non-hydrogen) atoms. The molecule has 0 radical (unpaired) electrons. The van der Waals surface area contributed by atoms with Crippen molar-refractivity contribution in [2.45, 2.75) is 6.54 Å². The van der Waals surface area contributed by atoms with Gasteiger partial charge in [0, 0.05) is 43.7 Å². The fourth-order valence-corrected chi connectivity index (χ4v) is 3.37. The highest BCUT2D eigenvalue weighted by Crippen LogP contribution is 2.14. The molecule has 1 aliphatic heterocycles. The molecule has 0 aliphatic carbocycles. The van der Waals surface area contributed by atoms with E-state index in [1.165, 1.54) is 15.6 Å². The van der Waals surface area contributed by atoms with E-state index in [1.807, 2.05) is 0 Å². The minimum atomic E-state index is 1.04. The lowest BCUT2D eigenvalue weighted by atomic mass is 10.2.